The Hall–Kier alpha value is -7.92. The number of hydrogen-bond acceptors (Lipinski definition) is 22. The fourth-order valence-corrected chi connectivity index (χ4v) is 21.0. The zero-order valence-corrected chi connectivity index (χ0v) is 83.0. The van der Waals surface area contributed by atoms with Crippen LogP contribution in [0.15, 0.2) is 124 Å². The minimum absolute atomic E-state index is 0.0285. The highest BCUT2D eigenvalue weighted by atomic mass is 31.2. The smallest absolute Gasteiger partial charge is 0.475 e. The van der Waals surface area contributed by atoms with Crippen molar-refractivity contribution in [3.63, 3.8) is 0 Å². The summed E-state index contributed by atoms with van der Waals surface area (Å²) in [7, 11) is -10.7. The Balaban J connectivity index is 1.16. The first-order chi connectivity index (χ1) is 60.8. The summed E-state index contributed by atoms with van der Waals surface area (Å²) in [5, 5.41) is 1.62. The molecule has 9 rings (SSSR count). The first-order valence-electron chi connectivity index (χ1n) is 45.5. The van der Waals surface area contributed by atoms with Gasteiger partial charge in [-0.05, 0) is 148 Å². The lowest BCUT2D eigenvalue weighted by Crippen LogP contribution is -2.51. The molecule has 2 aliphatic heterocycles. The number of amides is 1. The molecule has 3 aromatic heterocycles. The van der Waals surface area contributed by atoms with Crippen molar-refractivity contribution in [2.45, 2.75) is 310 Å². The number of benzene rings is 4. The number of H-pyrrole nitrogens is 1. The van der Waals surface area contributed by atoms with Gasteiger partial charge in [0.05, 0.1) is 40.4 Å². The van der Waals surface area contributed by atoms with E-state index in [1.54, 1.807) is 40.2 Å². The molecule has 0 aliphatic carbocycles. The third kappa shape index (κ3) is 26.5. The van der Waals surface area contributed by atoms with Gasteiger partial charge in [-0.2, -0.15) is 9.55 Å². The largest absolute Gasteiger partial charge is 0.497 e. The van der Waals surface area contributed by atoms with Crippen molar-refractivity contribution in [3.05, 3.63) is 197 Å². The van der Waals surface area contributed by atoms with Crippen LogP contribution in [0.3, 0.4) is 0 Å². The van der Waals surface area contributed by atoms with Crippen molar-refractivity contribution in [3.8, 4) is 17.2 Å². The van der Waals surface area contributed by atoms with Gasteiger partial charge in [0.1, 0.15) is 72.7 Å². The average molecular weight is 1840 g/mol. The maximum absolute atomic E-state index is 17.1. The fourth-order valence-electron chi connectivity index (χ4n) is 15.3. The van der Waals surface area contributed by atoms with E-state index >= 15 is 14.2 Å². The second-order valence-corrected chi connectivity index (χ2v) is 49.7. The summed E-state index contributed by atoms with van der Waals surface area (Å²) < 4.78 is 112. The van der Waals surface area contributed by atoms with Crippen molar-refractivity contribution in [1.29, 1.82) is 0 Å². The van der Waals surface area contributed by atoms with Crippen LogP contribution in [0, 0.1) is 32.9 Å². The minimum atomic E-state index is -5.32. The molecular weight excluding hydrogens is 1700 g/mol. The van der Waals surface area contributed by atoms with E-state index in [2.05, 4.69) is 31.9 Å². The number of phosphoric acid groups is 1. The summed E-state index contributed by atoms with van der Waals surface area (Å²) in [6.45, 7) is 51.7. The van der Waals surface area contributed by atoms with Gasteiger partial charge < -0.3 is 56.0 Å². The zero-order valence-electron chi connectivity index (χ0n) is 79.2. The quantitative estimate of drug-likeness (QED) is 0.0118. The van der Waals surface area contributed by atoms with E-state index in [4.69, 9.17) is 78.0 Å². The van der Waals surface area contributed by atoms with Gasteiger partial charge >= 0.3 is 13.5 Å². The summed E-state index contributed by atoms with van der Waals surface area (Å²) in [4.78, 5) is 92.6. The number of carbonyl (C=O) groups is 2. The van der Waals surface area contributed by atoms with Crippen molar-refractivity contribution in [2.75, 3.05) is 65.7 Å². The number of nitrogens with one attached hydrogen (secondary N) is 2. The summed E-state index contributed by atoms with van der Waals surface area (Å²) >= 11 is 0. The normalized spacial score (nSPS) is 19.0. The third-order valence-corrected chi connectivity index (χ3v) is 37.3. The molecule has 702 valence electrons. The minimum Gasteiger partial charge on any atom is -0.497 e. The number of carbonyl (C=O) groups excluding carboxylic acids is 2. The number of anilines is 1. The van der Waals surface area contributed by atoms with Crippen LogP contribution in [0.4, 0.5) is 5.95 Å². The molecular formula is C95H140N10O19P2Si2. The molecule has 1 amide bonds. The number of aromatic nitrogens is 6. The SMILES string of the molecule is [C-]#[N+]CCOP(OC1[C@@H](COP(=O)(OCC[N+]#[C-])OC2[C@@H](COC(c3ccccc3)(c3ccc(OC)cc3)c3ccc(OC)cc3)O[C@@H](n3cnc4c(=O)[nH]c(NC(=O)C(C)C)nc43)[C@H]2O[Si](C)(C)C(C)(C)C)O[C@@H](n2ccc(=O)n(C(=O)c3cc(C)c(C)c(OCCCCCCCCCCCCCCCCCC)c3)c2=O)[C@H]1O[Si](C)(C)C(C)(C)C)N(C(C)C)C(C)C. The number of fused-ring (bicyclic) bond motifs is 1. The van der Waals surface area contributed by atoms with Gasteiger partial charge in [0, 0.05) is 35.8 Å². The van der Waals surface area contributed by atoms with Crippen LogP contribution in [-0.2, 0) is 60.6 Å². The average Bonchev–Trinajstić information content (AvgIpc) is 1.51. The molecule has 0 saturated carbocycles. The van der Waals surface area contributed by atoms with Gasteiger partial charge in [0.25, 0.3) is 25.6 Å². The topological polar surface area (TPSA) is 303 Å². The van der Waals surface area contributed by atoms with Gasteiger partial charge in [-0.25, -0.2) is 32.2 Å². The Morgan fingerprint density at radius 2 is 1.15 bits per heavy atom. The number of unbranched alkanes of at least 4 members (excludes halogenated alkanes) is 15. The van der Waals surface area contributed by atoms with E-state index in [1.807, 2.05) is 193 Å². The molecule has 4 unspecified atom stereocenters. The van der Waals surface area contributed by atoms with Gasteiger partial charge in [0.2, 0.25) is 24.9 Å². The molecule has 29 nitrogen and oxygen atoms in total. The summed E-state index contributed by atoms with van der Waals surface area (Å²) in [5.41, 5.74) is -0.907. The number of ether oxygens (including phenoxy) is 6. The molecule has 10 atom stereocenters. The fraction of sp³-hybridized carbons (Fsp3) is 0.611. The molecule has 2 N–H and O–H groups in total. The maximum Gasteiger partial charge on any atom is 0.475 e. The highest BCUT2D eigenvalue weighted by Crippen LogP contribution is 2.58. The van der Waals surface area contributed by atoms with Crippen molar-refractivity contribution < 1.29 is 74.0 Å². The molecule has 2 aliphatic rings. The maximum atomic E-state index is 17.1. The van der Waals surface area contributed by atoms with Crippen LogP contribution in [0.5, 0.6) is 17.2 Å². The molecule has 33 heteroatoms. The van der Waals surface area contributed by atoms with E-state index in [9.17, 15) is 14.4 Å². The molecule has 0 spiro atoms. The Morgan fingerprint density at radius 1 is 0.641 bits per heavy atom. The summed E-state index contributed by atoms with van der Waals surface area (Å²) in [6, 6.07) is 28.2. The molecule has 2 saturated heterocycles. The van der Waals surface area contributed by atoms with Crippen LogP contribution in [0.1, 0.15) is 243 Å². The highest BCUT2D eigenvalue weighted by Gasteiger charge is 2.58. The number of methoxy groups -OCH3 is 2. The lowest BCUT2D eigenvalue weighted by atomic mass is 9.80. The first kappa shape index (κ1) is 104. The van der Waals surface area contributed by atoms with E-state index in [1.165, 1.54) is 94.1 Å². The summed E-state index contributed by atoms with van der Waals surface area (Å²) in [5.74, 6) is -0.480. The predicted molar refractivity (Wildman–Crippen MR) is 505 cm³/mol. The number of imidazole rings is 1. The zero-order chi connectivity index (χ0) is 93.5. The number of aromatic amines is 1. The molecule has 5 heterocycles. The van der Waals surface area contributed by atoms with Gasteiger partial charge in [-0.1, -0.05) is 213 Å². The van der Waals surface area contributed by atoms with Crippen molar-refractivity contribution in [1.82, 2.24) is 33.3 Å². The van der Waals surface area contributed by atoms with Gasteiger partial charge in [0.15, 0.2) is 40.3 Å². The number of phosphoric ester groups is 1. The monoisotopic (exact) mass is 1840 g/mol. The Bertz CT molecular complexity index is 5000. The molecule has 7 aromatic rings. The lowest BCUT2D eigenvalue weighted by Gasteiger charge is -2.42. The van der Waals surface area contributed by atoms with E-state index in [0.29, 0.717) is 50.7 Å². The Labute approximate surface area is 760 Å². The third-order valence-electron chi connectivity index (χ3n) is 24.7. The number of nitrogens with zero attached hydrogens (tertiary/aromatic N) is 8. The van der Waals surface area contributed by atoms with Crippen LogP contribution in [0.2, 0.25) is 36.3 Å². The molecule has 0 radical (unpaired) electrons. The Morgan fingerprint density at radius 3 is 1.66 bits per heavy atom. The van der Waals surface area contributed by atoms with Crippen LogP contribution >= 0.6 is 16.3 Å². The number of rotatable bonds is 51. The molecule has 4 aromatic carbocycles. The second kappa shape index (κ2) is 47.4. The first-order valence-corrected chi connectivity index (χ1v) is 53.9. The van der Waals surface area contributed by atoms with Gasteiger partial charge in [-0.3, -0.25) is 52.2 Å². The van der Waals surface area contributed by atoms with Crippen LogP contribution in [0.25, 0.3) is 20.9 Å². The van der Waals surface area contributed by atoms with E-state index in [-0.39, 0.29) is 54.5 Å². The van der Waals surface area contributed by atoms with Crippen molar-refractivity contribution >= 4 is 61.9 Å². The van der Waals surface area contributed by atoms with Gasteiger partial charge in [-0.15, -0.1) is 0 Å². The van der Waals surface area contributed by atoms with E-state index < -0.39 is 152 Å². The predicted octanol–water partition coefficient (Wildman–Crippen LogP) is 20.4. The Kier molecular flexibility index (Phi) is 38.5. The van der Waals surface area contributed by atoms with E-state index in [0.717, 1.165) is 41.9 Å². The highest BCUT2D eigenvalue weighted by molar-refractivity contribution is 7.48. The molecule has 128 heavy (non-hydrogen) atoms. The number of hydrogen-bond donors (Lipinski definition) is 2. The standard InChI is InChI=1S/C95H140N10O19P2Si2/c1-24-25-26-27-28-29-30-31-32-33-34-35-36-37-38-42-57-114-76-61-70(60-68(8)69(76)9)88(109)104-79(106)53-56-102(92(104)110)89-83(123-127(20,21)93(10,11)12)81(121-125(116-58-54-96-16)105(66(4)5)67(6)7)78(120-89)63-118-126(111,117-59-55-97-17)122-82-77(62-115-95(71-43-40-39-41-44-71,72-45-49-74(112-18)50-46-72)73-47-51-75(113-19)52-48-73)119-90(84(82)124-128(22,23)94(13,14)15)103-64-98-80-85(103)99-91(101-87(80)108)100-86(107)65(2)3/h39-41,43-53,56,60-61,64-67,77-78,81-84,89-90H,24-38,42,54-55,57-59,62-63H2,1-15,18-23H3,(H2,99,100,101,107,108)/t77-,78-,81?,82?,83+,84+,89-,90-,125?,126?/m1/s1. The van der Waals surface area contributed by atoms with Crippen LogP contribution in [-0.4, -0.2) is 171 Å². The summed E-state index contributed by atoms with van der Waals surface area (Å²) in [6.07, 6.45) is 10.7. The lowest BCUT2D eigenvalue weighted by molar-refractivity contribution is -0.119. The number of aryl methyl sites for hydroxylation is 1. The second-order valence-electron chi connectivity index (χ2n) is 37.2. The van der Waals surface area contributed by atoms with Crippen LogP contribution < -0.4 is 36.3 Å². The molecule has 0 bridgehead atoms. The van der Waals surface area contributed by atoms with Crippen molar-refractivity contribution in [2.24, 2.45) is 5.92 Å². The molecule has 2 fully saturated rings.